The number of nitrogens with zero attached hydrogens (tertiary/aromatic N) is 3. The number of aromatic nitrogens is 2. The van der Waals surface area contributed by atoms with Crippen molar-refractivity contribution in [1.82, 2.24) is 14.1 Å². The van der Waals surface area contributed by atoms with Crippen molar-refractivity contribution in [2.24, 2.45) is 7.05 Å². The van der Waals surface area contributed by atoms with E-state index in [0.717, 1.165) is 27.9 Å². The van der Waals surface area contributed by atoms with E-state index in [1.54, 1.807) is 7.05 Å². The summed E-state index contributed by atoms with van der Waals surface area (Å²) in [5.41, 5.74) is 4.52. The minimum absolute atomic E-state index is 0.0268. The molecule has 140 valence electrons. The van der Waals surface area contributed by atoms with E-state index in [-0.39, 0.29) is 12.2 Å². The van der Waals surface area contributed by atoms with Gasteiger partial charge in [0.25, 0.3) is 0 Å². The number of carboxylic acids is 1. The Hall–Kier alpha value is -2.19. The van der Waals surface area contributed by atoms with Gasteiger partial charge in [0.2, 0.25) is 10.0 Å². The minimum Gasteiger partial charge on any atom is -0.476 e. The van der Waals surface area contributed by atoms with Gasteiger partial charge in [0.1, 0.15) is 0 Å². The summed E-state index contributed by atoms with van der Waals surface area (Å²) in [6, 6.07) is 1.99. The van der Waals surface area contributed by atoms with Gasteiger partial charge in [-0.25, -0.2) is 13.2 Å². The topological polar surface area (TPSA) is 92.5 Å². The molecule has 0 spiro atoms. The lowest BCUT2D eigenvalue weighted by Crippen LogP contribution is -2.37. The van der Waals surface area contributed by atoms with E-state index in [0.29, 0.717) is 23.4 Å². The van der Waals surface area contributed by atoms with Crippen molar-refractivity contribution in [3.05, 3.63) is 45.3 Å². The van der Waals surface area contributed by atoms with E-state index in [2.05, 4.69) is 5.10 Å². The molecule has 2 heterocycles. The van der Waals surface area contributed by atoms with Gasteiger partial charge in [0.15, 0.2) is 5.69 Å². The van der Waals surface area contributed by atoms with Crippen LogP contribution in [0.5, 0.6) is 0 Å². The number of sulfonamides is 1. The molecule has 1 aromatic carbocycles. The Kier molecular flexibility index (Phi) is 4.44. The molecule has 0 aliphatic carbocycles. The maximum Gasteiger partial charge on any atom is 0.356 e. The van der Waals surface area contributed by atoms with Gasteiger partial charge >= 0.3 is 5.97 Å². The Morgan fingerprint density at radius 2 is 1.73 bits per heavy atom. The molecule has 0 radical (unpaired) electrons. The number of rotatable bonds is 3. The summed E-state index contributed by atoms with van der Waals surface area (Å²) in [6.07, 6.45) is 0.439. The number of aryl methyl sites for hydroxylation is 3. The maximum atomic E-state index is 13.4. The Balaban J connectivity index is 2.11. The minimum atomic E-state index is -3.74. The van der Waals surface area contributed by atoms with Crippen LogP contribution in [0.15, 0.2) is 11.0 Å². The zero-order chi connectivity index (χ0) is 19.4. The van der Waals surface area contributed by atoms with Gasteiger partial charge in [-0.3, -0.25) is 4.68 Å². The van der Waals surface area contributed by atoms with Gasteiger partial charge in [-0.05, 0) is 49.9 Å². The maximum absolute atomic E-state index is 13.4. The molecule has 2 aromatic rings. The van der Waals surface area contributed by atoms with Crippen molar-refractivity contribution in [1.29, 1.82) is 0 Å². The van der Waals surface area contributed by atoms with Gasteiger partial charge in [-0.1, -0.05) is 6.07 Å². The predicted molar refractivity (Wildman–Crippen MR) is 96.9 cm³/mol. The molecule has 0 saturated heterocycles. The van der Waals surface area contributed by atoms with Crippen LogP contribution in [0.25, 0.3) is 0 Å². The van der Waals surface area contributed by atoms with Crippen molar-refractivity contribution < 1.29 is 18.3 Å². The smallest absolute Gasteiger partial charge is 0.356 e. The molecule has 26 heavy (non-hydrogen) atoms. The second-order valence-electron chi connectivity index (χ2n) is 6.88. The lowest BCUT2D eigenvalue weighted by molar-refractivity contribution is 0.0687. The summed E-state index contributed by atoms with van der Waals surface area (Å²) >= 11 is 0. The van der Waals surface area contributed by atoms with Crippen LogP contribution >= 0.6 is 0 Å². The highest BCUT2D eigenvalue weighted by Crippen LogP contribution is 2.32. The Morgan fingerprint density at radius 3 is 2.27 bits per heavy atom. The van der Waals surface area contributed by atoms with Crippen LogP contribution in [-0.4, -0.2) is 40.1 Å². The molecule has 8 heteroatoms. The molecule has 0 fully saturated rings. The first-order chi connectivity index (χ1) is 12.1. The molecular formula is C18H23N3O4S. The van der Waals surface area contributed by atoms with Crippen molar-refractivity contribution in [2.45, 2.75) is 45.6 Å². The highest BCUT2D eigenvalue weighted by atomic mass is 32.2. The lowest BCUT2D eigenvalue weighted by atomic mass is 10.0. The zero-order valence-electron chi connectivity index (χ0n) is 15.6. The number of fused-ring (bicyclic) bond motifs is 1. The molecule has 0 amide bonds. The van der Waals surface area contributed by atoms with E-state index < -0.39 is 16.0 Å². The van der Waals surface area contributed by atoms with E-state index >= 15 is 0 Å². The molecule has 1 aliphatic rings. The second-order valence-corrected chi connectivity index (χ2v) is 8.76. The van der Waals surface area contributed by atoms with Crippen LogP contribution in [0.1, 0.15) is 44.0 Å². The van der Waals surface area contributed by atoms with Crippen LogP contribution in [0.4, 0.5) is 0 Å². The summed E-state index contributed by atoms with van der Waals surface area (Å²) in [5.74, 6) is -1.14. The molecule has 0 bridgehead atoms. The summed E-state index contributed by atoms with van der Waals surface area (Å²) in [7, 11) is -2.05. The van der Waals surface area contributed by atoms with Crippen LogP contribution in [-0.2, 0) is 30.0 Å². The quantitative estimate of drug-likeness (QED) is 0.884. The first-order valence-electron chi connectivity index (χ1n) is 8.41. The average Bonchev–Trinajstić information content (AvgIpc) is 2.90. The SMILES string of the molecule is Cc1cc(C)c(C)c(S(=O)(=O)N2CCc3c(c(C(=O)O)nn3C)C2)c1C. The third kappa shape index (κ3) is 2.73. The summed E-state index contributed by atoms with van der Waals surface area (Å²) < 4.78 is 29.7. The number of aromatic carboxylic acids is 1. The van der Waals surface area contributed by atoms with E-state index in [1.165, 1.54) is 8.99 Å². The van der Waals surface area contributed by atoms with Gasteiger partial charge in [-0.15, -0.1) is 0 Å². The van der Waals surface area contributed by atoms with Crippen LogP contribution in [0.2, 0.25) is 0 Å². The number of carboxylic acid groups (broad SMARTS) is 1. The number of carbonyl (C=O) groups is 1. The van der Waals surface area contributed by atoms with Crippen molar-refractivity contribution in [3.63, 3.8) is 0 Å². The molecule has 0 saturated carbocycles. The van der Waals surface area contributed by atoms with Gasteiger partial charge in [-0.2, -0.15) is 9.40 Å². The van der Waals surface area contributed by atoms with E-state index in [1.807, 2.05) is 33.8 Å². The monoisotopic (exact) mass is 377 g/mol. The van der Waals surface area contributed by atoms with Gasteiger partial charge in [0.05, 0.1) is 4.90 Å². The Bertz CT molecular complexity index is 996. The third-order valence-electron chi connectivity index (χ3n) is 5.30. The Labute approximate surface area is 153 Å². The zero-order valence-corrected chi connectivity index (χ0v) is 16.4. The Morgan fingerprint density at radius 1 is 1.15 bits per heavy atom. The molecule has 1 aromatic heterocycles. The fourth-order valence-corrected chi connectivity index (χ4v) is 5.63. The molecule has 7 nitrogen and oxygen atoms in total. The lowest BCUT2D eigenvalue weighted by Gasteiger charge is -2.28. The standard InChI is InChI=1S/C18H23N3O4S/c1-10-8-11(2)13(4)17(12(10)3)26(24,25)21-7-6-15-14(9-21)16(18(22)23)19-20(15)5/h8H,6-7,9H2,1-5H3,(H,22,23). The molecule has 0 atom stereocenters. The fraction of sp³-hybridized carbons (Fsp3) is 0.444. The summed E-state index contributed by atoms with van der Waals surface area (Å²) in [5, 5.41) is 13.4. The van der Waals surface area contributed by atoms with Crippen LogP contribution in [0.3, 0.4) is 0 Å². The summed E-state index contributed by atoms with van der Waals surface area (Å²) in [6.45, 7) is 7.77. The third-order valence-corrected chi connectivity index (χ3v) is 7.42. The molecule has 3 rings (SSSR count). The summed E-state index contributed by atoms with van der Waals surface area (Å²) in [4.78, 5) is 11.8. The predicted octanol–water partition coefficient (Wildman–Crippen LogP) is 2.10. The van der Waals surface area contributed by atoms with Crippen molar-refractivity contribution in [3.8, 4) is 0 Å². The van der Waals surface area contributed by atoms with Crippen molar-refractivity contribution in [2.75, 3.05) is 6.54 Å². The number of benzene rings is 1. The van der Waals surface area contributed by atoms with Crippen LogP contribution < -0.4 is 0 Å². The molecule has 1 N–H and O–H groups in total. The normalized spacial score (nSPS) is 15.1. The fourth-order valence-electron chi connectivity index (χ4n) is 3.64. The molecule has 0 unspecified atom stereocenters. The second kappa shape index (κ2) is 6.21. The van der Waals surface area contributed by atoms with Crippen molar-refractivity contribution >= 4 is 16.0 Å². The average molecular weight is 377 g/mol. The highest BCUT2D eigenvalue weighted by Gasteiger charge is 2.35. The first kappa shape index (κ1) is 18.6. The van der Waals surface area contributed by atoms with Gasteiger partial charge in [0, 0.05) is 37.8 Å². The highest BCUT2D eigenvalue weighted by molar-refractivity contribution is 7.89. The van der Waals surface area contributed by atoms with Crippen LogP contribution in [0, 0.1) is 27.7 Å². The molecular weight excluding hydrogens is 354 g/mol. The molecule has 1 aliphatic heterocycles. The number of hydrogen-bond acceptors (Lipinski definition) is 4. The first-order valence-corrected chi connectivity index (χ1v) is 9.85. The number of hydrogen-bond donors (Lipinski definition) is 1. The van der Waals surface area contributed by atoms with Gasteiger partial charge < -0.3 is 5.11 Å². The largest absolute Gasteiger partial charge is 0.476 e. The van der Waals surface area contributed by atoms with E-state index in [9.17, 15) is 18.3 Å². The van der Waals surface area contributed by atoms with E-state index in [4.69, 9.17) is 0 Å².